The van der Waals surface area contributed by atoms with E-state index in [2.05, 4.69) is 15.3 Å². The highest BCUT2D eigenvalue weighted by molar-refractivity contribution is 5.94. The van der Waals surface area contributed by atoms with E-state index in [0.29, 0.717) is 42.7 Å². The molecule has 4 rings (SSSR count). The molecule has 3 heterocycles. The smallest absolute Gasteiger partial charge is 0.253 e. The SMILES string of the molecule is CN(CCNc1cc([C@H]2CCOC2)ncn1)C(=O)c1ccc2c(c1)OCO2. The summed E-state index contributed by atoms with van der Waals surface area (Å²) in [5.74, 6) is 2.31. The normalized spacial score (nSPS) is 17.7. The molecule has 8 heteroatoms. The van der Waals surface area contributed by atoms with Crippen LogP contribution >= 0.6 is 0 Å². The second kappa shape index (κ2) is 7.79. The third kappa shape index (κ3) is 3.95. The van der Waals surface area contributed by atoms with Gasteiger partial charge in [0.05, 0.1) is 12.3 Å². The molecule has 0 saturated carbocycles. The summed E-state index contributed by atoms with van der Waals surface area (Å²) in [6, 6.07) is 7.19. The highest BCUT2D eigenvalue weighted by Gasteiger charge is 2.20. The van der Waals surface area contributed by atoms with E-state index in [9.17, 15) is 4.79 Å². The number of ether oxygens (including phenoxy) is 3. The second-order valence-electron chi connectivity index (χ2n) is 6.61. The topological polar surface area (TPSA) is 85.8 Å². The molecule has 8 nitrogen and oxygen atoms in total. The largest absolute Gasteiger partial charge is 0.454 e. The van der Waals surface area contributed by atoms with Crippen molar-refractivity contribution >= 4 is 11.7 Å². The first-order chi connectivity index (χ1) is 13.2. The number of hydrogen-bond donors (Lipinski definition) is 1. The van der Waals surface area contributed by atoms with Gasteiger partial charge >= 0.3 is 0 Å². The molecule has 1 aromatic carbocycles. The summed E-state index contributed by atoms with van der Waals surface area (Å²) in [5.41, 5.74) is 1.57. The minimum Gasteiger partial charge on any atom is -0.454 e. The molecule has 2 aliphatic heterocycles. The van der Waals surface area contributed by atoms with Crippen molar-refractivity contribution in [3.8, 4) is 11.5 Å². The van der Waals surface area contributed by atoms with Crippen LogP contribution < -0.4 is 14.8 Å². The van der Waals surface area contributed by atoms with Crippen molar-refractivity contribution in [2.75, 3.05) is 45.5 Å². The highest BCUT2D eigenvalue weighted by atomic mass is 16.7. The minimum atomic E-state index is -0.0680. The fraction of sp³-hybridized carbons (Fsp3) is 0.421. The Morgan fingerprint density at radius 1 is 1.26 bits per heavy atom. The Kier molecular flexibility index (Phi) is 5.06. The first-order valence-corrected chi connectivity index (χ1v) is 8.99. The Morgan fingerprint density at radius 3 is 3.00 bits per heavy atom. The molecule has 1 amide bonds. The molecule has 0 bridgehead atoms. The van der Waals surface area contributed by atoms with Crippen LogP contribution in [0.2, 0.25) is 0 Å². The zero-order valence-electron chi connectivity index (χ0n) is 15.2. The number of benzene rings is 1. The van der Waals surface area contributed by atoms with E-state index in [1.807, 2.05) is 6.07 Å². The van der Waals surface area contributed by atoms with Gasteiger partial charge in [-0.2, -0.15) is 0 Å². The van der Waals surface area contributed by atoms with Gasteiger partial charge < -0.3 is 24.4 Å². The van der Waals surface area contributed by atoms with Crippen molar-refractivity contribution in [3.63, 3.8) is 0 Å². The number of amides is 1. The lowest BCUT2D eigenvalue weighted by molar-refractivity contribution is 0.0800. The summed E-state index contributed by atoms with van der Waals surface area (Å²) in [6.07, 6.45) is 2.56. The number of nitrogens with one attached hydrogen (secondary N) is 1. The Labute approximate surface area is 157 Å². The highest BCUT2D eigenvalue weighted by Crippen LogP contribution is 2.32. The van der Waals surface area contributed by atoms with E-state index in [0.717, 1.165) is 24.5 Å². The molecule has 2 aromatic rings. The number of nitrogens with zero attached hydrogens (tertiary/aromatic N) is 3. The number of carbonyl (C=O) groups is 1. The molecule has 1 aromatic heterocycles. The van der Waals surface area contributed by atoms with Crippen molar-refractivity contribution in [1.82, 2.24) is 14.9 Å². The number of hydrogen-bond acceptors (Lipinski definition) is 7. The summed E-state index contributed by atoms with van der Waals surface area (Å²) in [4.78, 5) is 22.8. The molecule has 1 fully saturated rings. The average Bonchev–Trinajstić information content (AvgIpc) is 3.38. The molecule has 0 radical (unpaired) electrons. The monoisotopic (exact) mass is 370 g/mol. The van der Waals surface area contributed by atoms with E-state index < -0.39 is 0 Å². The molecule has 0 unspecified atom stereocenters. The van der Waals surface area contributed by atoms with E-state index in [-0.39, 0.29) is 12.7 Å². The molecule has 2 aliphatic rings. The summed E-state index contributed by atoms with van der Waals surface area (Å²) >= 11 is 0. The Bertz CT molecular complexity index is 823. The standard InChI is InChI=1S/C19H22N4O4/c1-23(19(24)13-2-3-16-17(8-13)27-12-26-16)6-5-20-18-9-15(21-11-22-18)14-4-7-25-10-14/h2-3,8-9,11,14H,4-7,10,12H2,1H3,(H,20,21,22)/t14-/m0/s1. The van der Waals surface area contributed by atoms with Crippen LogP contribution in [0.4, 0.5) is 5.82 Å². The lowest BCUT2D eigenvalue weighted by Gasteiger charge is -2.18. The summed E-state index contributed by atoms with van der Waals surface area (Å²) in [6.45, 7) is 2.82. The maximum atomic E-state index is 12.6. The summed E-state index contributed by atoms with van der Waals surface area (Å²) < 4.78 is 16.0. The zero-order chi connectivity index (χ0) is 18.6. The quantitative estimate of drug-likeness (QED) is 0.831. The number of aromatic nitrogens is 2. The Morgan fingerprint density at radius 2 is 2.15 bits per heavy atom. The fourth-order valence-corrected chi connectivity index (χ4v) is 3.16. The third-order valence-corrected chi connectivity index (χ3v) is 4.76. The van der Waals surface area contributed by atoms with Crippen LogP contribution in [0.5, 0.6) is 11.5 Å². The molecule has 1 atom stereocenters. The fourth-order valence-electron chi connectivity index (χ4n) is 3.16. The van der Waals surface area contributed by atoms with Crippen molar-refractivity contribution in [3.05, 3.63) is 41.9 Å². The maximum absolute atomic E-state index is 12.6. The predicted molar refractivity (Wildman–Crippen MR) is 98.2 cm³/mol. The third-order valence-electron chi connectivity index (χ3n) is 4.76. The van der Waals surface area contributed by atoms with Gasteiger partial charge in [-0.15, -0.1) is 0 Å². The van der Waals surface area contributed by atoms with E-state index in [4.69, 9.17) is 14.2 Å². The van der Waals surface area contributed by atoms with Crippen LogP contribution in [0, 0.1) is 0 Å². The molecule has 27 heavy (non-hydrogen) atoms. The Hall–Kier alpha value is -2.87. The molecular weight excluding hydrogens is 348 g/mol. The first kappa shape index (κ1) is 17.5. The number of likely N-dealkylation sites (N-methyl/N-ethyl adjacent to an activating group) is 1. The van der Waals surface area contributed by atoms with Gasteiger partial charge in [-0.25, -0.2) is 9.97 Å². The van der Waals surface area contributed by atoms with Crippen LogP contribution in [0.15, 0.2) is 30.6 Å². The molecule has 1 saturated heterocycles. The molecular formula is C19H22N4O4. The van der Waals surface area contributed by atoms with Gasteiger partial charge in [-0.3, -0.25) is 4.79 Å². The van der Waals surface area contributed by atoms with Crippen molar-refractivity contribution in [2.24, 2.45) is 0 Å². The molecule has 0 spiro atoms. The number of anilines is 1. The van der Waals surface area contributed by atoms with Gasteiger partial charge in [0.25, 0.3) is 5.91 Å². The second-order valence-corrected chi connectivity index (χ2v) is 6.61. The maximum Gasteiger partial charge on any atom is 0.253 e. The summed E-state index contributed by atoms with van der Waals surface area (Å²) in [5, 5.41) is 3.26. The van der Waals surface area contributed by atoms with E-state index in [1.165, 1.54) is 0 Å². The predicted octanol–water partition coefficient (Wildman–Crippen LogP) is 1.89. The number of fused-ring (bicyclic) bond motifs is 1. The lowest BCUT2D eigenvalue weighted by Crippen LogP contribution is -2.31. The van der Waals surface area contributed by atoms with Gasteiger partial charge in [-0.1, -0.05) is 0 Å². The lowest BCUT2D eigenvalue weighted by atomic mass is 10.1. The van der Waals surface area contributed by atoms with E-state index in [1.54, 1.807) is 36.5 Å². The van der Waals surface area contributed by atoms with Crippen molar-refractivity contribution < 1.29 is 19.0 Å². The van der Waals surface area contributed by atoms with Crippen LogP contribution in [0.1, 0.15) is 28.4 Å². The van der Waals surface area contributed by atoms with Crippen LogP contribution in [-0.2, 0) is 4.74 Å². The van der Waals surface area contributed by atoms with Gasteiger partial charge in [0.1, 0.15) is 12.1 Å². The first-order valence-electron chi connectivity index (χ1n) is 8.99. The van der Waals surface area contributed by atoms with Gasteiger partial charge in [0, 0.05) is 44.3 Å². The van der Waals surface area contributed by atoms with Gasteiger partial charge in [0.2, 0.25) is 6.79 Å². The Balaban J connectivity index is 1.31. The molecule has 142 valence electrons. The van der Waals surface area contributed by atoms with Crippen molar-refractivity contribution in [1.29, 1.82) is 0 Å². The number of carbonyl (C=O) groups excluding carboxylic acids is 1. The average molecular weight is 370 g/mol. The zero-order valence-corrected chi connectivity index (χ0v) is 15.2. The molecule has 0 aliphatic carbocycles. The van der Waals surface area contributed by atoms with Crippen LogP contribution in [-0.4, -0.2) is 60.9 Å². The minimum absolute atomic E-state index is 0.0680. The number of rotatable bonds is 6. The van der Waals surface area contributed by atoms with E-state index >= 15 is 0 Å². The van der Waals surface area contributed by atoms with Crippen molar-refractivity contribution in [2.45, 2.75) is 12.3 Å². The van der Waals surface area contributed by atoms with Gasteiger partial charge in [0.15, 0.2) is 11.5 Å². The van der Waals surface area contributed by atoms with Crippen LogP contribution in [0.3, 0.4) is 0 Å². The molecule has 1 N–H and O–H groups in total. The van der Waals surface area contributed by atoms with Gasteiger partial charge in [-0.05, 0) is 24.6 Å². The summed E-state index contributed by atoms with van der Waals surface area (Å²) in [7, 11) is 1.77. The van der Waals surface area contributed by atoms with Crippen LogP contribution in [0.25, 0.3) is 0 Å².